The van der Waals surface area contributed by atoms with E-state index >= 15 is 0 Å². The van der Waals surface area contributed by atoms with Crippen LogP contribution in [0.15, 0.2) is 29.1 Å². The van der Waals surface area contributed by atoms with Crippen LogP contribution in [0.25, 0.3) is 0 Å². The van der Waals surface area contributed by atoms with E-state index in [1.54, 1.807) is 17.0 Å². The minimum atomic E-state index is 0.368. The zero-order valence-electron chi connectivity index (χ0n) is 8.52. The molecule has 0 aromatic carbocycles. The van der Waals surface area contributed by atoms with Crippen LogP contribution in [0.2, 0.25) is 5.15 Å². The third-order valence-corrected chi connectivity index (χ3v) is 2.92. The lowest BCUT2D eigenvalue weighted by Crippen LogP contribution is -2.03. The van der Waals surface area contributed by atoms with Crippen LogP contribution in [-0.4, -0.2) is 14.5 Å². The van der Waals surface area contributed by atoms with Gasteiger partial charge in [-0.1, -0.05) is 11.6 Å². The second kappa shape index (κ2) is 4.84. The summed E-state index contributed by atoms with van der Waals surface area (Å²) in [5.41, 5.74) is 0. The quantitative estimate of drug-likeness (QED) is 0.819. The Kier molecular flexibility index (Phi) is 3.46. The van der Waals surface area contributed by atoms with Crippen molar-refractivity contribution in [1.82, 2.24) is 14.5 Å². The highest BCUT2D eigenvalue weighted by Gasteiger charge is 2.05. The molecular formula is C10H9BrClN3O. The number of imidazole rings is 1. The average molecular weight is 303 g/mol. The Balaban J connectivity index is 2.02. The summed E-state index contributed by atoms with van der Waals surface area (Å²) in [5, 5.41) is 0.590. The summed E-state index contributed by atoms with van der Waals surface area (Å²) >= 11 is 9.11. The van der Waals surface area contributed by atoms with Crippen molar-refractivity contribution in [3.8, 4) is 5.75 Å². The van der Waals surface area contributed by atoms with Gasteiger partial charge >= 0.3 is 0 Å². The van der Waals surface area contributed by atoms with E-state index in [4.69, 9.17) is 16.3 Å². The molecule has 0 amide bonds. The molecule has 2 aromatic rings. The second-order valence-electron chi connectivity index (χ2n) is 3.16. The average Bonchev–Trinajstić information content (AvgIpc) is 2.60. The Morgan fingerprint density at radius 3 is 2.75 bits per heavy atom. The Morgan fingerprint density at radius 1 is 1.38 bits per heavy atom. The van der Waals surface area contributed by atoms with Gasteiger partial charge in [0.25, 0.3) is 0 Å². The van der Waals surface area contributed by atoms with Gasteiger partial charge in [0, 0.05) is 7.05 Å². The van der Waals surface area contributed by atoms with Crippen molar-refractivity contribution in [2.45, 2.75) is 6.61 Å². The van der Waals surface area contributed by atoms with Crippen molar-refractivity contribution >= 4 is 27.5 Å². The summed E-state index contributed by atoms with van der Waals surface area (Å²) in [6.45, 7) is 0.368. The normalized spacial score (nSPS) is 10.4. The Bertz CT molecular complexity index is 483. The fourth-order valence-corrected chi connectivity index (χ4v) is 1.53. The first kappa shape index (κ1) is 11.4. The van der Waals surface area contributed by atoms with Crippen molar-refractivity contribution < 1.29 is 4.74 Å². The molecule has 0 saturated heterocycles. The van der Waals surface area contributed by atoms with Gasteiger partial charge in [0.15, 0.2) is 0 Å². The highest BCUT2D eigenvalue weighted by atomic mass is 79.9. The number of halogens is 2. The molecule has 2 rings (SSSR count). The van der Waals surface area contributed by atoms with Gasteiger partial charge in [-0.05, 0) is 28.1 Å². The minimum Gasteiger partial charge on any atom is -0.484 e. The lowest BCUT2D eigenvalue weighted by atomic mass is 10.5. The molecule has 0 atom stereocenters. The summed E-state index contributed by atoms with van der Waals surface area (Å²) < 4.78 is 8.07. The van der Waals surface area contributed by atoms with Crippen LogP contribution in [0, 0.1) is 0 Å². The fourth-order valence-electron chi connectivity index (χ4n) is 1.15. The van der Waals surface area contributed by atoms with E-state index in [1.165, 1.54) is 0 Å². The maximum Gasteiger partial charge on any atom is 0.147 e. The first-order chi connectivity index (χ1) is 7.66. The van der Waals surface area contributed by atoms with Gasteiger partial charge in [0.1, 0.15) is 27.9 Å². The molecule has 6 heteroatoms. The highest BCUT2D eigenvalue weighted by molar-refractivity contribution is 9.10. The maximum absolute atomic E-state index is 5.86. The maximum atomic E-state index is 5.86. The molecule has 0 fully saturated rings. The summed E-state index contributed by atoms with van der Waals surface area (Å²) in [4.78, 5) is 8.18. The number of hydrogen-bond acceptors (Lipinski definition) is 3. The molecule has 0 saturated carbocycles. The predicted molar refractivity (Wildman–Crippen MR) is 64.5 cm³/mol. The van der Waals surface area contributed by atoms with Gasteiger partial charge < -0.3 is 9.30 Å². The van der Waals surface area contributed by atoms with Gasteiger partial charge in [-0.3, -0.25) is 0 Å². The van der Waals surface area contributed by atoms with E-state index < -0.39 is 0 Å². The van der Waals surface area contributed by atoms with Crippen molar-refractivity contribution in [2.24, 2.45) is 7.05 Å². The van der Waals surface area contributed by atoms with Crippen LogP contribution in [-0.2, 0) is 13.7 Å². The molecule has 0 bridgehead atoms. The SMILES string of the molecule is Cn1c(Cl)cnc1COc1ccc(Br)nc1. The molecule has 0 radical (unpaired) electrons. The molecule has 0 N–H and O–H groups in total. The van der Waals surface area contributed by atoms with E-state index in [0.717, 1.165) is 10.4 Å². The van der Waals surface area contributed by atoms with E-state index in [9.17, 15) is 0 Å². The summed E-state index contributed by atoms with van der Waals surface area (Å²) in [6, 6.07) is 3.66. The highest BCUT2D eigenvalue weighted by Crippen LogP contribution is 2.15. The van der Waals surface area contributed by atoms with Crippen LogP contribution < -0.4 is 4.74 Å². The van der Waals surface area contributed by atoms with Gasteiger partial charge in [-0.2, -0.15) is 0 Å². The molecule has 0 unspecified atom stereocenters. The summed E-state index contributed by atoms with van der Waals surface area (Å²) in [7, 11) is 1.84. The monoisotopic (exact) mass is 301 g/mol. The van der Waals surface area contributed by atoms with Crippen LogP contribution >= 0.6 is 27.5 Å². The Labute approximate surface area is 106 Å². The van der Waals surface area contributed by atoms with Gasteiger partial charge in [0.2, 0.25) is 0 Å². The number of nitrogens with zero attached hydrogens (tertiary/aromatic N) is 3. The molecular weight excluding hydrogens is 293 g/mol. The summed E-state index contributed by atoms with van der Waals surface area (Å²) in [6.07, 6.45) is 3.24. The minimum absolute atomic E-state index is 0.368. The van der Waals surface area contributed by atoms with E-state index in [0.29, 0.717) is 17.5 Å². The number of hydrogen-bond donors (Lipinski definition) is 0. The zero-order chi connectivity index (χ0) is 11.5. The summed E-state index contributed by atoms with van der Waals surface area (Å²) in [5.74, 6) is 1.47. The molecule has 0 aliphatic rings. The number of pyridine rings is 1. The number of ether oxygens (including phenoxy) is 1. The van der Waals surface area contributed by atoms with Crippen LogP contribution in [0.3, 0.4) is 0 Å². The molecule has 2 heterocycles. The molecule has 16 heavy (non-hydrogen) atoms. The molecule has 84 valence electrons. The number of aromatic nitrogens is 3. The van der Waals surface area contributed by atoms with Crippen molar-refractivity contribution in [3.05, 3.63) is 40.1 Å². The largest absolute Gasteiger partial charge is 0.484 e. The van der Waals surface area contributed by atoms with Gasteiger partial charge in [-0.15, -0.1) is 0 Å². The molecule has 0 aliphatic carbocycles. The third kappa shape index (κ3) is 2.54. The van der Waals surface area contributed by atoms with Crippen LogP contribution in [0.1, 0.15) is 5.82 Å². The first-order valence-corrected chi connectivity index (χ1v) is 5.74. The Morgan fingerprint density at radius 2 is 2.19 bits per heavy atom. The van der Waals surface area contributed by atoms with E-state index in [2.05, 4.69) is 25.9 Å². The predicted octanol–water partition coefficient (Wildman–Crippen LogP) is 2.81. The van der Waals surface area contributed by atoms with Crippen molar-refractivity contribution in [2.75, 3.05) is 0 Å². The first-order valence-electron chi connectivity index (χ1n) is 4.57. The van der Waals surface area contributed by atoms with E-state index in [1.807, 2.05) is 19.2 Å². The van der Waals surface area contributed by atoms with Crippen LogP contribution in [0.4, 0.5) is 0 Å². The third-order valence-electron chi connectivity index (χ3n) is 2.10. The van der Waals surface area contributed by atoms with Crippen molar-refractivity contribution in [1.29, 1.82) is 0 Å². The zero-order valence-corrected chi connectivity index (χ0v) is 10.9. The van der Waals surface area contributed by atoms with Crippen LogP contribution in [0.5, 0.6) is 5.75 Å². The smallest absolute Gasteiger partial charge is 0.147 e. The Hall–Kier alpha value is -1.07. The van der Waals surface area contributed by atoms with Crippen molar-refractivity contribution in [3.63, 3.8) is 0 Å². The molecule has 0 aliphatic heterocycles. The standard InChI is InChI=1S/C10H9BrClN3O/c1-15-9(12)5-14-10(15)6-16-7-2-3-8(11)13-4-7/h2-5H,6H2,1H3. The molecule has 2 aromatic heterocycles. The van der Waals surface area contributed by atoms with E-state index in [-0.39, 0.29) is 0 Å². The fraction of sp³-hybridized carbons (Fsp3) is 0.200. The lowest BCUT2D eigenvalue weighted by Gasteiger charge is -2.05. The van der Waals surface area contributed by atoms with Gasteiger partial charge in [-0.25, -0.2) is 9.97 Å². The molecule has 4 nitrogen and oxygen atoms in total. The molecule has 0 spiro atoms. The van der Waals surface area contributed by atoms with Gasteiger partial charge in [0.05, 0.1) is 12.4 Å². The number of rotatable bonds is 3. The topological polar surface area (TPSA) is 39.9 Å². The lowest BCUT2D eigenvalue weighted by molar-refractivity contribution is 0.290. The second-order valence-corrected chi connectivity index (χ2v) is 4.36.